The standard InChI is InChI=1S/C39H46O9/c1-38(2)45-34-31(44-37-36(35(34)46-38)47-39(3,4)48-37)21-29-20-30(41-23-27-16-10-6-11-17-27)33(42-24-28-18-12-7-13-19-28)32(43-29)25-40-22-26-14-8-5-9-15-26/h5-19,21,30-37H,20,22-25H2,1-4H3/b29-21-/t30-,31-,32-,33-,34+,35+,36-,37-/m1/s1. The van der Waals surface area contributed by atoms with Crippen molar-refractivity contribution in [3.63, 3.8) is 0 Å². The fourth-order valence-electron chi connectivity index (χ4n) is 6.84. The normalized spacial score (nSPS) is 32.8. The van der Waals surface area contributed by atoms with Gasteiger partial charge in [0.05, 0.1) is 38.3 Å². The molecule has 8 atom stereocenters. The predicted octanol–water partition coefficient (Wildman–Crippen LogP) is 6.44. The van der Waals surface area contributed by atoms with Crippen molar-refractivity contribution in [1.82, 2.24) is 0 Å². The third-order valence-electron chi connectivity index (χ3n) is 8.96. The van der Waals surface area contributed by atoms with Crippen molar-refractivity contribution in [3.05, 3.63) is 120 Å². The monoisotopic (exact) mass is 658 g/mol. The lowest BCUT2D eigenvalue weighted by Crippen LogP contribution is -2.54. The van der Waals surface area contributed by atoms with Crippen molar-refractivity contribution in [2.75, 3.05) is 6.61 Å². The van der Waals surface area contributed by atoms with Crippen LogP contribution < -0.4 is 0 Å². The molecule has 0 unspecified atom stereocenters. The maximum atomic E-state index is 6.75. The molecule has 9 nitrogen and oxygen atoms in total. The summed E-state index contributed by atoms with van der Waals surface area (Å²) in [6.07, 6.45) is -1.03. The van der Waals surface area contributed by atoms with Gasteiger partial charge in [0.25, 0.3) is 0 Å². The van der Waals surface area contributed by atoms with Gasteiger partial charge in [-0.05, 0) is 50.5 Å². The van der Waals surface area contributed by atoms with Crippen LogP contribution in [0.1, 0.15) is 50.8 Å². The van der Waals surface area contributed by atoms with Crippen LogP contribution in [0.3, 0.4) is 0 Å². The molecule has 7 rings (SSSR count). The molecule has 0 spiro atoms. The van der Waals surface area contributed by atoms with Gasteiger partial charge in [0.15, 0.2) is 24.0 Å². The van der Waals surface area contributed by atoms with Gasteiger partial charge in [0.2, 0.25) is 0 Å². The Kier molecular flexibility index (Phi) is 10.0. The average Bonchev–Trinajstić information content (AvgIpc) is 3.58. The van der Waals surface area contributed by atoms with E-state index >= 15 is 0 Å². The van der Waals surface area contributed by atoms with Gasteiger partial charge in [-0.1, -0.05) is 91.0 Å². The van der Waals surface area contributed by atoms with Gasteiger partial charge in [-0.25, -0.2) is 0 Å². The molecule has 4 fully saturated rings. The third kappa shape index (κ3) is 8.01. The fourth-order valence-corrected chi connectivity index (χ4v) is 6.84. The van der Waals surface area contributed by atoms with E-state index in [2.05, 4.69) is 24.3 Å². The number of ether oxygens (including phenoxy) is 9. The Morgan fingerprint density at radius 1 is 0.646 bits per heavy atom. The molecule has 4 heterocycles. The molecule has 256 valence electrons. The summed E-state index contributed by atoms with van der Waals surface area (Å²) in [5.41, 5.74) is 3.24. The number of benzene rings is 3. The molecule has 0 bridgehead atoms. The van der Waals surface area contributed by atoms with Gasteiger partial charge >= 0.3 is 0 Å². The summed E-state index contributed by atoms with van der Waals surface area (Å²) in [5, 5.41) is 0. The smallest absolute Gasteiger partial charge is 0.190 e. The van der Waals surface area contributed by atoms with E-state index in [0.717, 1.165) is 22.4 Å². The number of rotatable bonds is 11. The van der Waals surface area contributed by atoms with Crippen LogP contribution in [0.25, 0.3) is 0 Å². The van der Waals surface area contributed by atoms with E-state index in [-0.39, 0.29) is 12.2 Å². The molecule has 0 amide bonds. The van der Waals surface area contributed by atoms with E-state index in [1.54, 1.807) is 0 Å². The molecule has 4 aliphatic heterocycles. The van der Waals surface area contributed by atoms with Crippen LogP contribution in [0.2, 0.25) is 0 Å². The lowest BCUT2D eigenvalue weighted by molar-refractivity contribution is -0.224. The quantitative estimate of drug-likeness (QED) is 0.231. The minimum Gasteiger partial charge on any atom is -0.490 e. The molecule has 4 aliphatic rings. The van der Waals surface area contributed by atoms with Crippen molar-refractivity contribution >= 4 is 0 Å². The van der Waals surface area contributed by atoms with Gasteiger partial charge in [-0.3, -0.25) is 0 Å². The molecule has 0 N–H and O–H groups in total. The second kappa shape index (κ2) is 14.4. The summed E-state index contributed by atoms with van der Waals surface area (Å²) >= 11 is 0. The van der Waals surface area contributed by atoms with Crippen LogP contribution in [0.5, 0.6) is 0 Å². The van der Waals surface area contributed by atoms with Crippen LogP contribution in [-0.4, -0.2) is 67.2 Å². The molecule has 0 radical (unpaired) electrons. The topological polar surface area (TPSA) is 83.1 Å². The lowest BCUT2D eigenvalue weighted by atomic mass is 9.95. The summed E-state index contributed by atoms with van der Waals surface area (Å²) in [6.45, 7) is 9.18. The highest BCUT2D eigenvalue weighted by Crippen LogP contribution is 2.45. The minimum atomic E-state index is -0.806. The first-order valence-corrected chi connectivity index (χ1v) is 16.9. The van der Waals surface area contributed by atoms with E-state index in [0.29, 0.717) is 32.8 Å². The summed E-state index contributed by atoms with van der Waals surface area (Å²) in [6, 6.07) is 30.4. The summed E-state index contributed by atoms with van der Waals surface area (Å²) < 4.78 is 57.9. The van der Waals surface area contributed by atoms with Gasteiger partial charge in [-0.15, -0.1) is 0 Å². The van der Waals surface area contributed by atoms with Crippen molar-refractivity contribution in [3.8, 4) is 0 Å². The summed E-state index contributed by atoms with van der Waals surface area (Å²) in [5.74, 6) is -0.894. The van der Waals surface area contributed by atoms with Crippen LogP contribution >= 0.6 is 0 Å². The highest BCUT2D eigenvalue weighted by molar-refractivity contribution is 5.17. The first-order chi connectivity index (χ1) is 23.2. The molecule has 4 saturated heterocycles. The Labute approximate surface area is 283 Å². The largest absolute Gasteiger partial charge is 0.490 e. The summed E-state index contributed by atoms with van der Waals surface area (Å²) in [4.78, 5) is 0. The SMILES string of the molecule is CC1(C)O[C@H]2[C@@H](O1)[C@@H](/C=C1/C[C@@H](OCc3ccccc3)[C@@H](OCc3ccccc3)[C@@H](COCc3ccccc3)O1)O[C@@H]1OC(C)(C)O[C@@H]12. The zero-order chi connectivity index (χ0) is 33.1. The molecule has 9 heteroatoms. The minimum absolute atomic E-state index is 0.303. The molecular weight excluding hydrogens is 612 g/mol. The molecule has 3 aromatic rings. The third-order valence-corrected chi connectivity index (χ3v) is 8.96. The van der Waals surface area contributed by atoms with Crippen LogP contribution in [0, 0.1) is 0 Å². The van der Waals surface area contributed by atoms with Crippen molar-refractivity contribution < 1.29 is 42.6 Å². The molecule has 48 heavy (non-hydrogen) atoms. The molecule has 0 aromatic heterocycles. The maximum Gasteiger partial charge on any atom is 0.190 e. The lowest BCUT2D eigenvalue weighted by Gasteiger charge is -2.40. The van der Waals surface area contributed by atoms with E-state index in [1.165, 1.54) is 0 Å². The molecule has 0 aliphatic carbocycles. The Bertz CT molecular complexity index is 1500. The van der Waals surface area contributed by atoms with Crippen LogP contribution in [0.4, 0.5) is 0 Å². The van der Waals surface area contributed by atoms with Crippen LogP contribution in [-0.2, 0) is 62.5 Å². The Morgan fingerprint density at radius 2 is 1.19 bits per heavy atom. The van der Waals surface area contributed by atoms with Gasteiger partial charge in [-0.2, -0.15) is 0 Å². The highest BCUT2D eigenvalue weighted by Gasteiger charge is 2.60. The highest BCUT2D eigenvalue weighted by atomic mass is 16.9. The summed E-state index contributed by atoms with van der Waals surface area (Å²) in [7, 11) is 0. The second-order valence-electron chi connectivity index (χ2n) is 13.7. The number of fused-ring (bicyclic) bond motifs is 3. The van der Waals surface area contributed by atoms with Crippen molar-refractivity contribution in [1.29, 1.82) is 0 Å². The Hall–Kier alpha value is -3.12. The van der Waals surface area contributed by atoms with Gasteiger partial charge in [0, 0.05) is 6.42 Å². The Morgan fingerprint density at radius 3 is 1.83 bits per heavy atom. The zero-order valence-electron chi connectivity index (χ0n) is 28.1. The second-order valence-corrected chi connectivity index (χ2v) is 13.7. The van der Waals surface area contributed by atoms with E-state index < -0.39 is 48.4 Å². The predicted molar refractivity (Wildman–Crippen MR) is 176 cm³/mol. The van der Waals surface area contributed by atoms with E-state index in [1.807, 2.05) is 101 Å². The van der Waals surface area contributed by atoms with E-state index in [4.69, 9.17) is 42.6 Å². The van der Waals surface area contributed by atoms with Crippen molar-refractivity contribution in [2.24, 2.45) is 0 Å². The Balaban J connectivity index is 1.16. The fraction of sp³-hybridized carbons (Fsp3) is 0.487. The van der Waals surface area contributed by atoms with Gasteiger partial charge in [0.1, 0.15) is 30.5 Å². The first-order valence-electron chi connectivity index (χ1n) is 16.9. The number of hydrogen-bond acceptors (Lipinski definition) is 9. The molecular formula is C39H46O9. The van der Waals surface area contributed by atoms with Gasteiger partial charge < -0.3 is 42.6 Å². The first kappa shape index (κ1) is 33.4. The average molecular weight is 659 g/mol. The maximum absolute atomic E-state index is 6.75. The van der Waals surface area contributed by atoms with Crippen LogP contribution in [0.15, 0.2) is 103 Å². The zero-order valence-corrected chi connectivity index (χ0v) is 28.1. The molecule has 3 aromatic carbocycles. The molecule has 0 saturated carbocycles. The van der Waals surface area contributed by atoms with Crippen molar-refractivity contribution in [2.45, 2.75) is 115 Å². The van der Waals surface area contributed by atoms with E-state index in [9.17, 15) is 0 Å². The number of hydrogen-bond donors (Lipinski definition) is 0.